The maximum atomic E-state index is 11.8. The topological polar surface area (TPSA) is 107 Å². The van der Waals surface area contributed by atoms with E-state index in [0.29, 0.717) is 18.1 Å². The van der Waals surface area contributed by atoms with E-state index < -0.39 is 0 Å². The first-order valence-electron chi connectivity index (χ1n) is 6.03. The summed E-state index contributed by atoms with van der Waals surface area (Å²) in [4.78, 5) is 19.9. The zero-order chi connectivity index (χ0) is 14.3. The van der Waals surface area contributed by atoms with Crippen LogP contribution in [-0.4, -0.2) is 15.9 Å². The second-order valence-corrected chi connectivity index (χ2v) is 5.50. The predicted octanol–water partition coefficient (Wildman–Crippen LogP) is 1.88. The Kier molecular flexibility index (Phi) is 3.06. The number of aromatic nitrogens is 2. The van der Waals surface area contributed by atoms with Gasteiger partial charge in [0.05, 0.1) is 0 Å². The summed E-state index contributed by atoms with van der Waals surface area (Å²) in [6.45, 7) is 0. The predicted molar refractivity (Wildman–Crippen MR) is 80.1 cm³/mol. The van der Waals surface area contributed by atoms with Crippen LogP contribution >= 0.6 is 15.9 Å². The lowest BCUT2D eigenvalue weighted by Gasteiger charge is -2.26. The third-order valence-electron chi connectivity index (χ3n) is 3.26. The fourth-order valence-corrected chi connectivity index (χ4v) is 2.66. The highest BCUT2D eigenvalue weighted by Crippen LogP contribution is 2.39. The number of nitrogens with zero attached hydrogens (tertiary/aromatic N) is 2. The van der Waals surface area contributed by atoms with Crippen molar-refractivity contribution in [3.05, 3.63) is 39.9 Å². The van der Waals surface area contributed by atoms with E-state index in [2.05, 4.69) is 31.2 Å². The molecule has 102 valence electrons. The minimum Gasteiger partial charge on any atom is -0.383 e. The largest absolute Gasteiger partial charge is 0.383 e. The molecule has 1 amide bonds. The molecule has 6 nitrogen and oxygen atoms in total. The summed E-state index contributed by atoms with van der Waals surface area (Å²) in [5.74, 6) is 0.493. The van der Waals surface area contributed by atoms with Gasteiger partial charge in [-0.3, -0.25) is 4.79 Å². The molecule has 0 spiro atoms. The van der Waals surface area contributed by atoms with Gasteiger partial charge in [0.25, 0.3) is 0 Å². The van der Waals surface area contributed by atoms with Gasteiger partial charge in [-0.1, -0.05) is 28.1 Å². The summed E-state index contributed by atoms with van der Waals surface area (Å²) < 4.78 is 0.975. The van der Waals surface area contributed by atoms with Crippen molar-refractivity contribution in [1.29, 1.82) is 0 Å². The van der Waals surface area contributed by atoms with Gasteiger partial charge in [0.1, 0.15) is 11.6 Å². The highest BCUT2D eigenvalue weighted by molar-refractivity contribution is 9.10. The number of carbonyl (C=O) groups excluding carboxylic acids is 1. The molecule has 0 aliphatic carbocycles. The number of hydrogen-bond donors (Lipinski definition) is 3. The third-order valence-corrected chi connectivity index (χ3v) is 3.79. The Balaban J connectivity index is 2.14. The van der Waals surface area contributed by atoms with Crippen molar-refractivity contribution in [2.75, 3.05) is 16.8 Å². The molecule has 20 heavy (non-hydrogen) atoms. The van der Waals surface area contributed by atoms with Gasteiger partial charge in [0, 0.05) is 22.4 Å². The number of nitrogens with two attached hydrogens (primary N) is 2. The quantitative estimate of drug-likeness (QED) is 0.738. The summed E-state index contributed by atoms with van der Waals surface area (Å²) >= 11 is 3.39. The molecule has 0 bridgehead atoms. The minimum absolute atomic E-state index is 0.0537. The summed E-state index contributed by atoms with van der Waals surface area (Å²) in [7, 11) is 0. The molecule has 2 aromatic rings. The number of halogens is 1. The van der Waals surface area contributed by atoms with E-state index in [4.69, 9.17) is 11.5 Å². The first-order valence-corrected chi connectivity index (χ1v) is 6.82. The SMILES string of the molecule is Nc1nc(N)c2c(n1)NC(=O)CC2c1ccc(Br)cc1. The van der Waals surface area contributed by atoms with Gasteiger partial charge >= 0.3 is 0 Å². The number of carbonyl (C=O) groups is 1. The van der Waals surface area contributed by atoms with E-state index in [1.165, 1.54) is 0 Å². The maximum absolute atomic E-state index is 11.8. The Labute approximate surface area is 123 Å². The molecule has 1 aliphatic rings. The monoisotopic (exact) mass is 333 g/mol. The summed E-state index contributed by atoms with van der Waals surface area (Å²) in [6.07, 6.45) is 0.312. The average Bonchev–Trinajstić information content (AvgIpc) is 2.37. The van der Waals surface area contributed by atoms with Gasteiger partial charge in [0.2, 0.25) is 11.9 Å². The van der Waals surface area contributed by atoms with Crippen LogP contribution in [-0.2, 0) is 4.79 Å². The number of anilines is 3. The molecule has 0 saturated carbocycles. The lowest BCUT2D eigenvalue weighted by Crippen LogP contribution is -2.26. The molecule has 1 aromatic heterocycles. The highest BCUT2D eigenvalue weighted by Gasteiger charge is 2.30. The molecular weight excluding hydrogens is 322 g/mol. The lowest BCUT2D eigenvalue weighted by atomic mass is 9.86. The standard InChI is InChI=1S/C13H12BrN5O/c14-7-3-1-6(2-4-7)8-5-9(20)17-12-10(8)11(15)18-13(16)19-12/h1-4,8H,5H2,(H5,15,16,17,18,19,20). The molecule has 5 N–H and O–H groups in total. The third kappa shape index (κ3) is 2.20. The van der Waals surface area contributed by atoms with Crippen LogP contribution in [0.1, 0.15) is 23.5 Å². The fourth-order valence-electron chi connectivity index (χ4n) is 2.39. The highest BCUT2D eigenvalue weighted by atomic mass is 79.9. The van der Waals surface area contributed by atoms with E-state index >= 15 is 0 Å². The minimum atomic E-state index is -0.160. The molecular formula is C13H12BrN5O. The Hall–Kier alpha value is -2.15. The van der Waals surface area contributed by atoms with E-state index in [0.717, 1.165) is 15.6 Å². The van der Waals surface area contributed by atoms with Crippen molar-refractivity contribution in [2.45, 2.75) is 12.3 Å². The van der Waals surface area contributed by atoms with Crippen molar-refractivity contribution in [3.63, 3.8) is 0 Å². The normalized spacial score (nSPS) is 17.4. The first kappa shape index (κ1) is 12.9. The van der Waals surface area contributed by atoms with E-state index in [9.17, 15) is 4.79 Å². The van der Waals surface area contributed by atoms with Crippen molar-refractivity contribution >= 4 is 39.4 Å². The van der Waals surface area contributed by atoms with E-state index in [1.54, 1.807) is 0 Å². The van der Waals surface area contributed by atoms with Gasteiger partial charge in [-0.15, -0.1) is 0 Å². The lowest BCUT2D eigenvalue weighted by molar-refractivity contribution is -0.116. The number of hydrogen-bond acceptors (Lipinski definition) is 5. The molecule has 1 aromatic carbocycles. The smallest absolute Gasteiger partial charge is 0.226 e. The number of nitrogens with one attached hydrogen (secondary N) is 1. The molecule has 0 fully saturated rings. The van der Waals surface area contributed by atoms with Crippen LogP contribution in [0.3, 0.4) is 0 Å². The number of amides is 1. The van der Waals surface area contributed by atoms with Crippen molar-refractivity contribution in [2.24, 2.45) is 0 Å². The summed E-state index contributed by atoms with van der Waals surface area (Å²) in [6, 6.07) is 7.76. The van der Waals surface area contributed by atoms with E-state index in [-0.39, 0.29) is 17.8 Å². The molecule has 1 unspecified atom stereocenters. The van der Waals surface area contributed by atoms with Crippen molar-refractivity contribution in [1.82, 2.24) is 9.97 Å². The number of nitrogen functional groups attached to an aromatic ring is 2. The van der Waals surface area contributed by atoms with Gasteiger partial charge in [0.15, 0.2) is 0 Å². The van der Waals surface area contributed by atoms with Crippen LogP contribution < -0.4 is 16.8 Å². The van der Waals surface area contributed by atoms with E-state index in [1.807, 2.05) is 24.3 Å². The second-order valence-electron chi connectivity index (χ2n) is 4.59. The Morgan fingerprint density at radius 3 is 2.60 bits per heavy atom. The van der Waals surface area contributed by atoms with Crippen molar-refractivity contribution < 1.29 is 4.79 Å². The zero-order valence-corrected chi connectivity index (χ0v) is 12.0. The van der Waals surface area contributed by atoms with Crippen LogP contribution in [0, 0.1) is 0 Å². The number of fused-ring (bicyclic) bond motifs is 1. The van der Waals surface area contributed by atoms with Crippen LogP contribution in [0.5, 0.6) is 0 Å². The zero-order valence-electron chi connectivity index (χ0n) is 10.4. The first-order chi connectivity index (χ1) is 9.54. The van der Waals surface area contributed by atoms with Gasteiger partial charge in [-0.2, -0.15) is 9.97 Å². The average molecular weight is 334 g/mol. The van der Waals surface area contributed by atoms with Crippen LogP contribution in [0.25, 0.3) is 0 Å². The Bertz CT molecular complexity index is 686. The molecule has 1 aliphatic heterocycles. The van der Waals surface area contributed by atoms with Crippen LogP contribution in [0.2, 0.25) is 0 Å². The van der Waals surface area contributed by atoms with Gasteiger partial charge in [-0.25, -0.2) is 0 Å². The van der Waals surface area contributed by atoms with Crippen LogP contribution in [0.4, 0.5) is 17.6 Å². The molecule has 3 rings (SSSR count). The van der Waals surface area contributed by atoms with Gasteiger partial charge in [-0.05, 0) is 17.7 Å². The van der Waals surface area contributed by atoms with Gasteiger partial charge < -0.3 is 16.8 Å². The second kappa shape index (κ2) is 4.75. The number of rotatable bonds is 1. The Morgan fingerprint density at radius 2 is 1.90 bits per heavy atom. The Morgan fingerprint density at radius 1 is 1.20 bits per heavy atom. The van der Waals surface area contributed by atoms with Crippen molar-refractivity contribution in [3.8, 4) is 0 Å². The summed E-state index contributed by atoms with van der Waals surface area (Å²) in [5, 5.41) is 2.69. The summed E-state index contributed by atoms with van der Waals surface area (Å²) in [5.41, 5.74) is 13.2. The molecule has 0 radical (unpaired) electrons. The maximum Gasteiger partial charge on any atom is 0.226 e. The molecule has 1 atom stereocenters. The molecule has 7 heteroatoms. The fraction of sp³-hybridized carbons (Fsp3) is 0.154. The number of benzene rings is 1. The van der Waals surface area contributed by atoms with Crippen LogP contribution in [0.15, 0.2) is 28.7 Å². The molecule has 2 heterocycles. The molecule has 0 saturated heterocycles.